The molecule has 7 heteroatoms. The Labute approximate surface area is 151 Å². The fourth-order valence-corrected chi connectivity index (χ4v) is 3.65. The van der Waals surface area contributed by atoms with Gasteiger partial charge >= 0.3 is 5.69 Å². The molecule has 2 aromatic heterocycles. The van der Waals surface area contributed by atoms with Gasteiger partial charge in [-0.15, -0.1) is 0 Å². The van der Waals surface area contributed by atoms with Gasteiger partial charge < -0.3 is 9.47 Å². The molecule has 3 aromatic rings. The highest BCUT2D eigenvalue weighted by Crippen LogP contribution is 2.31. The van der Waals surface area contributed by atoms with Gasteiger partial charge in [0, 0.05) is 32.4 Å². The SMILES string of the molecule is CCCCCn1c(=O)c2c(nc3n2CCN3c2ccccc2)n(C)c1=O. The molecule has 0 saturated carbocycles. The van der Waals surface area contributed by atoms with Crippen LogP contribution in [0.3, 0.4) is 0 Å². The molecule has 0 N–H and O–H groups in total. The summed E-state index contributed by atoms with van der Waals surface area (Å²) in [6, 6.07) is 9.99. The van der Waals surface area contributed by atoms with Crippen molar-refractivity contribution in [2.24, 2.45) is 7.05 Å². The minimum atomic E-state index is -0.290. The lowest BCUT2D eigenvalue weighted by Crippen LogP contribution is -2.39. The number of imidazole rings is 1. The quantitative estimate of drug-likeness (QED) is 0.660. The van der Waals surface area contributed by atoms with Crippen molar-refractivity contribution in [3.8, 4) is 0 Å². The third kappa shape index (κ3) is 2.46. The van der Waals surface area contributed by atoms with Gasteiger partial charge in [0.25, 0.3) is 5.56 Å². The van der Waals surface area contributed by atoms with E-state index in [9.17, 15) is 9.59 Å². The molecule has 1 aliphatic heterocycles. The molecule has 0 bridgehead atoms. The number of hydrogen-bond acceptors (Lipinski definition) is 4. The van der Waals surface area contributed by atoms with E-state index in [0.29, 0.717) is 24.3 Å². The maximum Gasteiger partial charge on any atom is 0.332 e. The predicted octanol–water partition coefficient (Wildman–Crippen LogP) is 2.24. The number of unbranched alkanes of at least 4 members (excludes halogenated alkanes) is 2. The standard InChI is InChI=1S/C19H23N5O2/c1-3-4-8-11-24-17(25)15-16(21(2)19(24)26)20-18-22(12-13-23(15)18)14-9-6-5-7-10-14/h5-7,9-10H,3-4,8,11-13H2,1-2H3. The number of aryl methyl sites for hydroxylation is 1. The van der Waals surface area contributed by atoms with Crippen molar-refractivity contribution in [3.05, 3.63) is 51.2 Å². The second kappa shape index (κ2) is 6.48. The predicted molar refractivity (Wildman–Crippen MR) is 102 cm³/mol. The second-order valence-electron chi connectivity index (χ2n) is 6.73. The molecule has 0 aliphatic carbocycles. The van der Waals surface area contributed by atoms with Crippen molar-refractivity contribution in [3.63, 3.8) is 0 Å². The molecule has 7 nitrogen and oxygen atoms in total. The van der Waals surface area contributed by atoms with Crippen LogP contribution in [0.2, 0.25) is 0 Å². The highest BCUT2D eigenvalue weighted by molar-refractivity contribution is 5.77. The van der Waals surface area contributed by atoms with Crippen LogP contribution in [0.4, 0.5) is 11.6 Å². The van der Waals surface area contributed by atoms with Crippen LogP contribution in [0.25, 0.3) is 11.2 Å². The molecule has 136 valence electrons. The maximum atomic E-state index is 13.0. The summed E-state index contributed by atoms with van der Waals surface area (Å²) in [7, 11) is 1.69. The summed E-state index contributed by atoms with van der Waals surface area (Å²) in [5.74, 6) is 0.726. The molecule has 0 amide bonds. The first-order valence-corrected chi connectivity index (χ1v) is 9.16. The molecule has 0 saturated heterocycles. The number of anilines is 2. The van der Waals surface area contributed by atoms with Crippen LogP contribution in [0, 0.1) is 0 Å². The first kappa shape index (κ1) is 16.6. The van der Waals surface area contributed by atoms with Gasteiger partial charge in [0.2, 0.25) is 5.95 Å². The summed E-state index contributed by atoms with van der Waals surface area (Å²) >= 11 is 0. The summed E-state index contributed by atoms with van der Waals surface area (Å²) in [6.45, 7) is 4.01. The molecule has 4 rings (SSSR count). The molecule has 1 aromatic carbocycles. The zero-order chi connectivity index (χ0) is 18.3. The average Bonchev–Trinajstić information content (AvgIpc) is 3.23. The van der Waals surface area contributed by atoms with Crippen molar-refractivity contribution < 1.29 is 0 Å². The Hall–Kier alpha value is -2.83. The van der Waals surface area contributed by atoms with Gasteiger partial charge in [-0.05, 0) is 18.6 Å². The Morgan fingerprint density at radius 2 is 1.85 bits per heavy atom. The lowest BCUT2D eigenvalue weighted by Gasteiger charge is -2.15. The fourth-order valence-electron chi connectivity index (χ4n) is 3.65. The monoisotopic (exact) mass is 353 g/mol. The van der Waals surface area contributed by atoms with E-state index >= 15 is 0 Å². The van der Waals surface area contributed by atoms with Crippen molar-refractivity contribution in [2.75, 3.05) is 11.4 Å². The number of aromatic nitrogens is 4. The van der Waals surface area contributed by atoms with E-state index in [1.54, 1.807) is 7.05 Å². The number of fused-ring (bicyclic) bond motifs is 3. The Morgan fingerprint density at radius 3 is 2.58 bits per heavy atom. The molecule has 0 atom stereocenters. The number of para-hydroxylation sites is 1. The molecule has 26 heavy (non-hydrogen) atoms. The van der Waals surface area contributed by atoms with Crippen LogP contribution in [0.15, 0.2) is 39.9 Å². The third-order valence-electron chi connectivity index (χ3n) is 5.05. The Bertz CT molecular complexity index is 1060. The van der Waals surface area contributed by atoms with E-state index in [1.165, 1.54) is 9.13 Å². The van der Waals surface area contributed by atoms with Crippen LogP contribution in [-0.4, -0.2) is 25.2 Å². The summed E-state index contributed by atoms with van der Waals surface area (Å²) in [4.78, 5) is 32.4. The molecular weight excluding hydrogens is 330 g/mol. The summed E-state index contributed by atoms with van der Waals surface area (Å²) < 4.78 is 4.80. The van der Waals surface area contributed by atoms with E-state index in [0.717, 1.165) is 37.4 Å². The smallest absolute Gasteiger partial charge is 0.310 e. The van der Waals surface area contributed by atoms with E-state index in [2.05, 4.69) is 16.8 Å². The van der Waals surface area contributed by atoms with E-state index < -0.39 is 0 Å². The van der Waals surface area contributed by atoms with Gasteiger partial charge in [0.05, 0.1) is 0 Å². The van der Waals surface area contributed by atoms with Gasteiger partial charge in [0.1, 0.15) is 0 Å². The first-order chi connectivity index (χ1) is 12.6. The van der Waals surface area contributed by atoms with Gasteiger partial charge in [-0.3, -0.25) is 13.9 Å². The van der Waals surface area contributed by atoms with E-state index in [4.69, 9.17) is 0 Å². The molecule has 0 unspecified atom stereocenters. The zero-order valence-corrected chi connectivity index (χ0v) is 15.2. The second-order valence-corrected chi connectivity index (χ2v) is 6.73. The fraction of sp³-hybridized carbons (Fsp3) is 0.421. The minimum Gasteiger partial charge on any atom is -0.310 e. The summed E-state index contributed by atoms with van der Waals surface area (Å²) in [5.41, 5.74) is 1.50. The molecular formula is C19H23N5O2. The van der Waals surface area contributed by atoms with Crippen molar-refractivity contribution in [2.45, 2.75) is 39.3 Å². The van der Waals surface area contributed by atoms with Crippen molar-refractivity contribution >= 4 is 22.8 Å². The third-order valence-corrected chi connectivity index (χ3v) is 5.05. The Balaban J connectivity index is 1.87. The van der Waals surface area contributed by atoms with Crippen molar-refractivity contribution in [1.82, 2.24) is 18.7 Å². The highest BCUT2D eigenvalue weighted by atomic mass is 16.2. The Morgan fingerprint density at radius 1 is 1.08 bits per heavy atom. The first-order valence-electron chi connectivity index (χ1n) is 9.16. The Kier molecular flexibility index (Phi) is 4.14. The van der Waals surface area contributed by atoms with Gasteiger partial charge in [-0.25, -0.2) is 4.79 Å². The van der Waals surface area contributed by atoms with Crippen LogP contribution in [-0.2, 0) is 20.1 Å². The van der Waals surface area contributed by atoms with Crippen LogP contribution >= 0.6 is 0 Å². The van der Waals surface area contributed by atoms with Gasteiger partial charge in [-0.2, -0.15) is 4.98 Å². The van der Waals surface area contributed by atoms with Crippen molar-refractivity contribution in [1.29, 1.82) is 0 Å². The molecule has 0 radical (unpaired) electrons. The molecule has 1 aliphatic rings. The summed E-state index contributed by atoms with van der Waals surface area (Å²) in [5, 5.41) is 0. The molecule has 0 spiro atoms. The normalized spacial score (nSPS) is 13.5. The average molecular weight is 353 g/mol. The number of rotatable bonds is 5. The van der Waals surface area contributed by atoms with E-state index in [-0.39, 0.29) is 11.2 Å². The molecule has 0 fully saturated rings. The highest BCUT2D eigenvalue weighted by Gasteiger charge is 2.28. The zero-order valence-electron chi connectivity index (χ0n) is 15.2. The minimum absolute atomic E-state index is 0.229. The maximum absolute atomic E-state index is 13.0. The van der Waals surface area contributed by atoms with Crippen LogP contribution in [0.5, 0.6) is 0 Å². The van der Waals surface area contributed by atoms with Crippen LogP contribution in [0.1, 0.15) is 26.2 Å². The number of hydrogen-bond donors (Lipinski definition) is 0. The molecule has 3 heterocycles. The number of benzene rings is 1. The van der Waals surface area contributed by atoms with E-state index in [1.807, 2.05) is 34.9 Å². The van der Waals surface area contributed by atoms with Crippen LogP contribution < -0.4 is 16.1 Å². The topological polar surface area (TPSA) is 65.1 Å². The van der Waals surface area contributed by atoms with Gasteiger partial charge in [0.15, 0.2) is 11.2 Å². The van der Waals surface area contributed by atoms with Gasteiger partial charge in [-0.1, -0.05) is 38.0 Å². The summed E-state index contributed by atoms with van der Waals surface area (Å²) in [6.07, 6.45) is 2.87. The largest absolute Gasteiger partial charge is 0.332 e. The lowest BCUT2D eigenvalue weighted by atomic mass is 10.2. The number of nitrogens with zero attached hydrogens (tertiary/aromatic N) is 5. The lowest BCUT2D eigenvalue weighted by molar-refractivity contribution is 0.549.